The van der Waals surface area contributed by atoms with Crippen molar-refractivity contribution in [2.45, 2.75) is 65.4 Å². The van der Waals surface area contributed by atoms with Gasteiger partial charge in [-0.1, -0.05) is 24.6 Å². The summed E-state index contributed by atoms with van der Waals surface area (Å²) in [7, 11) is 0. The van der Waals surface area contributed by atoms with Crippen LogP contribution in [0, 0.1) is 26.2 Å². The van der Waals surface area contributed by atoms with Gasteiger partial charge in [-0.05, 0) is 97.1 Å². The highest BCUT2D eigenvalue weighted by Gasteiger charge is 2.47. The van der Waals surface area contributed by atoms with Crippen LogP contribution < -0.4 is 0 Å². The van der Waals surface area contributed by atoms with E-state index in [1.165, 1.54) is 45.0 Å². The lowest BCUT2D eigenvalue weighted by atomic mass is 9.66. The fourth-order valence-electron chi connectivity index (χ4n) is 5.18. The minimum atomic E-state index is -0.160. The maximum absolute atomic E-state index is 10.2. The third-order valence-corrected chi connectivity index (χ3v) is 7.02. The van der Waals surface area contributed by atoms with Crippen LogP contribution in [0.2, 0.25) is 5.02 Å². The first kappa shape index (κ1) is 15.5. The van der Waals surface area contributed by atoms with E-state index in [9.17, 15) is 5.11 Å². The summed E-state index contributed by atoms with van der Waals surface area (Å²) in [6, 6.07) is 4.54. The second-order valence-corrected chi connectivity index (χ2v) is 8.50. The molecule has 0 heterocycles. The maximum Gasteiger partial charge on any atom is 0.0551 e. The van der Waals surface area contributed by atoms with Crippen LogP contribution in [0.1, 0.15) is 59.9 Å². The molecule has 2 aromatic rings. The summed E-state index contributed by atoms with van der Waals surface area (Å²) >= 11 is 6.73. The summed E-state index contributed by atoms with van der Waals surface area (Å²) in [6.45, 7) is 8.92. The molecule has 1 fully saturated rings. The molecule has 2 heteroatoms. The van der Waals surface area contributed by atoms with Crippen molar-refractivity contribution in [3.63, 3.8) is 0 Å². The Morgan fingerprint density at radius 1 is 1.17 bits per heavy atom. The predicted octanol–water partition coefficient (Wildman–Crippen LogP) is 5.61. The Bertz CT molecular complexity index is 823. The minimum Gasteiger partial charge on any atom is -0.393 e. The van der Waals surface area contributed by atoms with Crippen molar-refractivity contribution >= 4 is 22.4 Å². The third-order valence-electron chi connectivity index (χ3n) is 6.73. The van der Waals surface area contributed by atoms with Crippen molar-refractivity contribution in [2.24, 2.45) is 5.41 Å². The molecule has 0 radical (unpaired) electrons. The number of aryl methyl sites for hydroxylation is 3. The monoisotopic (exact) mass is 328 g/mol. The Morgan fingerprint density at radius 2 is 1.91 bits per heavy atom. The van der Waals surface area contributed by atoms with E-state index in [1.807, 2.05) is 0 Å². The van der Waals surface area contributed by atoms with Gasteiger partial charge < -0.3 is 5.11 Å². The molecule has 0 saturated heterocycles. The summed E-state index contributed by atoms with van der Waals surface area (Å²) in [4.78, 5) is 0. The fourth-order valence-corrected chi connectivity index (χ4v) is 5.54. The molecule has 3 atom stereocenters. The zero-order valence-electron chi connectivity index (χ0n) is 14.5. The number of benzene rings is 2. The van der Waals surface area contributed by atoms with E-state index in [0.29, 0.717) is 5.92 Å². The van der Waals surface area contributed by atoms with Gasteiger partial charge in [-0.25, -0.2) is 0 Å². The topological polar surface area (TPSA) is 20.2 Å². The molecule has 0 amide bonds. The molecule has 23 heavy (non-hydrogen) atoms. The predicted molar refractivity (Wildman–Crippen MR) is 97.6 cm³/mol. The Labute approximate surface area is 143 Å². The van der Waals surface area contributed by atoms with Gasteiger partial charge in [-0.15, -0.1) is 0 Å². The van der Waals surface area contributed by atoms with Gasteiger partial charge in [0, 0.05) is 10.4 Å². The van der Waals surface area contributed by atoms with Gasteiger partial charge in [0.05, 0.1) is 6.10 Å². The van der Waals surface area contributed by atoms with Gasteiger partial charge in [0.15, 0.2) is 0 Å². The molecule has 0 unspecified atom stereocenters. The molecule has 2 aromatic carbocycles. The molecular weight excluding hydrogens is 304 g/mol. The van der Waals surface area contributed by atoms with Crippen molar-refractivity contribution < 1.29 is 5.11 Å². The van der Waals surface area contributed by atoms with E-state index in [4.69, 9.17) is 11.6 Å². The molecule has 2 aliphatic rings. The van der Waals surface area contributed by atoms with Crippen molar-refractivity contribution in [1.82, 2.24) is 0 Å². The van der Waals surface area contributed by atoms with Gasteiger partial charge in [-0.2, -0.15) is 0 Å². The molecule has 1 saturated carbocycles. The second-order valence-electron chi connectivity index (χ2n) is 8.09. The van der Waals surface area contributed by atoms with Gasteiger partial charge in [0.1, 0.15) is 0 Å². The highest BCUT2D eigenvalue weighted by atomic mass is 35.5. The first-order valence-corrected chi connectivity index (χ1v) is 9.09. The summed E-state index contributed by atoms with van der Waals surface area (Å²) in [6.07, 6.45) is 3.93. The molecular formula is C21H25ClO. The summed E-state index contributed by atoms with van der Waals surface area (Å²) < 4.78 is 0. The van der Waals surface area contributed by atoms with Crippen LogP contribution in [-0.4, -0.2) is 11.2 Å². The van der Waals surface area contributed by atoms with Crippen molar-refractivity contribution in [1.29, 1.82) is 0 Å². The lowest BCUT2D eigenvalue weighted by Gasteiger charge is -2.38. The molecule has 0 bridgehead atoms. The Kier molecular flexibility index (Phi) is 3.35. The number of aliphatic hydroxyl groups excluding tert-OH is 1. The maximum atomic E-state index is 10.2. The molecule has 0 spiro atoms. The SMILES string of the molecule is Cc1cc2c3c(cc(Cl)c2c(C)c1C)[C@H]1C[C@H](O)C[C@]1(C)CC3. The summed E-state index contributed by atoms with van der Waals surface area (Å²) in [5, 5.41) is 13.7. The fraction of sp³-hybridized carbons (Fsp3) is 0.524. The number of hydrogen-bond acceptors (Lipinski definition) is 1. The Balaban J connectivity index is 2.03. The van der Waals surface area contributed by atoms with E-state index in [0.717, 1.165) is 24.3 Å². The Morgan fingerprint density at radius 3 is 2.65 bits per heavy atom. The molecule has 4 rings (SSSR count). The molecule has 0 aliphatic heterocycles. The van der Waals surface area contributed by atoms with E-state index < -0.39 is 0 Å². The van der Waals surface area contributed by atoms with Crippen LogP contribution in [-0.2, 0) is 6.42 Å². The van der Waals surface area contributed by atoms with E-state index in [1.54, 1.807) is 0 Å². The van der Waals surface area contributed by atoms with E-state index >= 15 is 0 Å². The normalized spacial score (nSPS) is 29.7. The molecule has 2 aliphatic carbocycles. The number of rotatable bonds is 0. The number of fused-ring (bicyclic) bond motifs is 5. The number of aliphatic hydroxyl groups is 1. The first-order chi connectivity index (χ1) is 10.8. The Hall–Kier alpha value is -1.05. The van der Waals surface area contributed by atoms with Gasteiger partial charge in [0.2, 0.25) is 0 Å². The average molecular weight is 329 g/mol. The zero-order valence-corrected chi connectivity index (χ0v) is 15.2. The quantitative estimate of drug-likeness (QED) is 0.666. The third kappa shape index (κ3) is 2.09. The highest BCUT2D eigenvalue weighted by Crippen LogP contribution is 2.57. The summed E-state index contributed by atoms with van der Waals surface area (Å²) in [5.74, 6) is 0.449. The van der Waals surface area contributed by atoms with Crippen molar-refractivity contribution in [3.05, 3.63) is 45.0 Å². The minimum absolute atomic E-state index is 0.160. The van der Waals surface area contributed by atoms with Crippen LogP contribution in [0.5, 0.6) is 0 Å². The smallest absolute Gasteiger partial charge is 0.0551 e. The van der Waals surface area contributed by atoms with E-state index in [2.05, 4.69) is 39.8 Å². The van der Waals surface area contributed by atoms with Gasteiger partial charge >= 0.3 is 0 Å². The molecule has 122 valence electrons. The first-order valence-electron chi connectivity index (χ1n) is 8.71. The standard InChI is InChI=1S/C21H25ClO/c1-11-7-17-15-5-6-21(4)10-14(23)8-18(21)16(15)9-19(22)20(17)13(3)12(11)2/h7,9,14,18,23H,5-6,8,10H2,1-4H3/t14-,18+,21-/m0/s1. The van der Waals surface area contributed by atoms with Crippen LogP contribution in [0.4, 0.5) is 0 Å². The van der Waals surface area contributed by atoms with Crippen LogP contribution in [0.15, 0.2) is 12.1 Å². The molecule has 1 nitrogen and oxygen atoms in total. The number of halogens is 1. The molecule has 0 aromatic heterocycles. The van der Waals surface area contributed by atoms with E-state index in [-0.39, 0.29) is 11.5 Å². The van der Waals surface area contributed by atoms with Crippen LogP contribution >= 0.6 is 11.6 Å². The number of hydrogen-bond donors (Lipinski definition) is 1. The van der Waals surface area contributed by atoms with Gasteiger partial charge in [0.25, 0.3) is 0 Å². The van der Waals surface area contributed by atoms with Crippen LogP contribution in [0.25, 0.3) is 10.8 Å². The zero-order chi connectivity index (χ0) is 16.5. The summed E-state index contributed by atoms with van der Waals surface area (Å²) in [5.41, 5.74) is 7.11. The lowest BCUT2D eigenvalue weighted by molar-refractivity contribution is 0.159. The highest BCUT2D eigenvalue weighted by molar-refractivity contribution is 6.36. The van der Waals surface area contributed by atoms with Crippen molar-refractivity contribution in [2.75, 3.05) is 0 Å². The lowest BCUT2D eigenvalue weighted by Crippen LogP contribution is -2.27. The largest absolute Gasteiger partial charge is 0.393 e. The van der Waals surface area contributed by atoms with Crippen molar-refractivity contribution in [3.8, 4) is 0 Å². The molecule has 1 N–H and O–H groups in total. The second kappa shape index (κ2) is 4.97. The average Bonchev–Trinajstić information content (AvgIpc) is 2.79. The van der Waals surface area contributed by atoms with Gasteiger partial charge in [-0.3, -0.25) is 0 Å². The van der Waals surface area contributed by atoms with Crippen LogP contribution in [0.3, 0.4) is 0 Å².